The van der Waals surface area contributed by atoms with E-state index in [2.05, 4.69) is 80.9 Å². The third-order valence-electron chi connectivity index (χ3n) is 6.74. The van der Waals surface area contributed by atoms with Crippen molar-refractivity contribution >= 4 is 11.8 Å². The van der Waals surface area contributed by atoms with Gasteiger partial charge in [0.05, 0.1) is 6.54 Å². The average Bonchev–Trinajstić information content (AvgIpc) is 3.58. The average molecular weight is 486 g/mol. The minimum Gasteiger partial charge on any atom is -0.345 e. The molecule has 0 unspecified atom stereocenters. The van der Waals surface area contributed by atoms with E-state index in [0.29, 0.717) is 19.5 Å². The number of rotatable bonds is 10. The normalized spacial score (nSPS) is 13.4. The minimum atomic E-state index is -0.104. The van der Waals surface area contributed by atoms with Gasteiger partial charge in [-0.25, -0.2) is 0 Å². The quantitative estimate of drug-likeness (QED) is 0.364. The zero-order chi connectivity index (χ0) is 25.7. The molecule has 1 heterocycles. The van der Waals surface area contributed by atoms with Gasteiger partial charge in [0.1, 0.15) is 6.54 Å². The lowest BCUT2D eigenvalue weighted by Gasteiger charge is -2.30. The van der Waals surface area contributed by atoms with E-state index in [9.17, 15) is 9.59 Å². The number of aromatic nitrogens is 1. The van der Waals surface area contributed by atoms with Crippen LogP contribution in [-0.4, -0.2) is 38.8 Å². The highest BCUT2D eigenvalue weighted by molar-refractivity contribution is 5.85. The first-order valence-electron chi connectivity index (χ1n) is 13.0. The monoisotopic (exact) mass is 485 g/mol. The van der Waals surface area contributed by atoms with Crippen LogP contribution in [0.3, 0.4) is 0 Å². The molecule has 1 aromatic heterocycles. The van der Waals surface area contributed by atoms with Gasteiger partial charge in [0.15, 0.2) is 0 Å². The van der Waals surface area contributed by atoms with Crippen LogP contribution in [0.4, 0.5) is 0 Å². The summed E-state index contributed by atoms with van der Waals surface area (Å²) in [5, 5.41) is 0. The van der Waals surface area contributed by atoms with Crippen LogP contribution in [0.25, 0.3) is 0 Å². The molecule has 1 aliphatic carbocycles. The Morgan fingerprint density at radius 3 is 2.25 bits per heavy atom. The van der Waals surface area contributed by atoms with Crippen molar-refractivity contribution in [3.8, 4) is 0 Å². The predicted molar refractivity (Wildman–Crippen MR) is 144 cm³/mol. The van der Waals surface area contributed by atoms with Crippen LogP contribution in [0.5, 0.6) is 0 Å². The maximum atomic E-state index is 13.7. The van der Waals surface area contributed by atoms with Gasteiger partial charge in [-0.3, -0.25) is 9.59 Å². The van der Waals surface area contributed by atoms with Crippen molar-refractivity contribution in [1.82, 2.24) is 14.4 Å². The molecule has 2 aromatic carbocycles. The summed E-state index contributed by atoms with van der Waals surface area (Å²) >= 11 is 0. The van der Waals surface area contributed by atoms with E-state index in [0.717, 1.165) is 30.6 Å². The Morgan fingerprint density at radius 2 is 1.58 bits per heavy atom. The molecule has 5 heteroatoms. The van der Waals surface area contributed by atoms with Gasteiger partial charge in [-0.2, -0.15) is 0 Å². The van der Waals surface area contributed by atoms with E-state index in [1.165, 1.54) is 11.1 Å². The Hall–Kier alpha value is -3.34. The second-order valence-electron chi connectivity index (χ2n) is 11.3. The van der Waals surface area contributed by atoms with Crippen LogP contribution in [0.1, 0.15) is 62.4 Å². The summed E-state index contributed by atoms with van der Waals surface area (Å²) in [6.45, 7) is 10.3. The lowest BCUT2D eigenvalue weighted by molar-refractivity contribution is -0.142. The topological polar surface area (TPSA) is 45.6 Å². The van der Waals surface area contributed by atoms with Gasteiger partial charge in [-0.05, 0) is 54.0 Å². The van der Waals surface area contributed by atoms with Crippen LogP contribution >= 0.6 is 0 Å². The van der Waals surface area contributed by atoms with Crippen molar-refractivity contribution in [2.45, 2.75) is 72.6 Å². The Labute approximate surface area is 215 Å². The molecular weight excluding hydrogens is 446 g/mol. The van der Waals surface area contributed by atoms with Crippen molar-refractivity contribution in [3.63, 3.8) is 0 Å². The molecule has 36 heavy (non-hydrogen) atoms. The fourth-order valence-electron chi connectivity index (χ4n) is 4.56. The summed E-state index contributed by atoms with van der Waals surface area (Å²) in [6, 6.07) is 22.8. The summed E-state index contributed by atoms with van der Waals surface area (Å²) in [4.78, 5) is 30.6. The van der Waals surface area contributed by atoms with Crippen LogP contribution in [0.15, 0.2) is 72.9 Å². The lowest BCUT2D eigenvalue weighted by Crippen LogP contribution is -2.44. The fraction of sp³-hybridized carbons (Fsp3) is 0.419. The van der Waals surface area contributed by atoms with Gasteiger partial charge in [-0.15, -0.1) is 0 Å². The van der Waals surface area contributed by atoms with Crippen LogP contribution < -0.4 is 0 Å². The minimum absolute atomic E-state index is 0.00310. The fourth-order valence-corrected chi connectivity index (χ4v) is 4.56. The standard InChI is InChI=1S/C31H39N3O2/c1-24-11-8-9-14-26(24)21-32-18-10-15-28(32)22-33(20-25-12-6-5-7-13-25)30(36)23-34(27-16-17-27)29(35)19-31(2,3)4/h5-15,18,27H,16-17,19-23H2,1-4H3. The molecule has 0 radical (unpaired) electrons. The third kappa shape index (κ3) is 7.09. The van der Waals surface area contributed by atoms with E-state index in [-0.39, 0.29) is 29.8 Å². The predicted octanol–water partition coefficient (Wildman–Crippen LogP) is 5.80. The number of hydrogen-bond acceptors (Lipinski definition) is 2. The van der Waals surface area contributed by atoms with Crippen molar-refractivity contribution < 1.29 is 9.59 Å². The van der Waals surface area contributed by atoms with E-state index in [4.69, 9.17) is 0 Å². The zero-order valence-electron chi connectivity index (χ0n) is 22.1. The highest BCUT2D eigenvalue weighted by Gasteiger charge is 2.36. The molecule has 1 saturated carbocycles. The summed E-state index contributed by atoms with van der Waals surface area (Å²) in [5.74, 6) is 0.0811. The molecular formula is C31H39N3O2. The van der Waals surface area contributed by atoms with Gasteiger partial charge in [0.25, 0.3) is 0 Å². The van der Waals surface area contributed by atoms with E-state index in [1.54, 1.807) is 0 Å². The number of carbonyl (C=O) groups excluding carboxylic acids is 2. The van der Waals surface area contributed by atoms with Gasteiger partial charge < -0.3 is 14.4 Å². The van der Waals surface area contributed by atoms with E-state index in [1.807, 2.05) is 34.1 Å². The molecule has 0 N–H and O–H groups in total. The zero-order valence-corrected chi connectivity index (χ0v) is 22.1. The van der Waals surface area contributed by atoms with Crippen LogP contribution in [0, 0.1) is 12.3 Å². The molecule has 2 amide bonds. The molecule has 0 atom stereocenters. The Kier molecular flexibility index (Phi) is 7.97. The van der Waals surface area contributed by atoms with E-state index >= 15 is 0 Å². The highest BCUT2D eigenvalue weighted by atomic mass is 16.2. The Balaban J connectivity index is 1.54. The van der Waals surface area contributed by atoms with Crippen LogP contribution in [0.2, 0.25) is 0 Å². The van der Waals surface area contributed by atoms with Crippen molar-refractivity contribution in [2.24, 2.45) is 5.41 Å². The number of nitrogens with zero attached hydrogens (tertiary/aromatic N) is 3. The first-order valence-corrected chi connectivity index (χ1v) is 13.0. The molecule has 4 rings (SSSR count). The maximum Gasteiger partial charge on any atom is 0.242 e. The molecule has 190 valence electrons. The Morgan fingerprint density at radius 1 is 0.889 bits per heavy atom. The molecule has 0 spiro atoms. The molecule has 0 saturated heterocycles. The molecule has 3 aromatic rings. The Bertz CT molecular complexity index is 1170. The lowest BCUT2D eigenvalue weighted by atomic mass is 9.91. The van der Waals surface area contributed by atoms with Crippen molar-refractivity contribution in [1.29, 1.82) is 0 Å². The maximum absolute atomic E-state index is 13.7. The summed E-state index contributed by atoms with van der Waals surface area (Å²) in [7, 11) is 0. The first-order chi connectivity index (χ1) is 17.2. The van der Waals surface area contributed by atoms with Gasteiger partial charge in [0.2, 0.25) is 11.8 Å². The third-order valence-corrected chi connectivity index (χ3v) is 6.74. The van der Waals surface area contributed by atoms with Gasteiger partial charge in [-0.1, -0.05) is 75.4 Å². The second-order valence-corrected chi connectivity index (χ2v) is 11.3. The summed E-state index contributed by atoms with van der Waals surface area (Å²) in [6.07, 6.45) is 4.51. The van der Waals surface area contributed by atoms with Gasteiger partial charge in [0, 0.05) is 37.4 Å². The van der Waals surface area contributed by atoms with E-state index < -0.39 is 0 Å². The van der Waals surface area contributed by atoms with Crippen molar-refractivity contribution in [2.75, 3.05) is 6.54 Å². The van der Waals surface area contributed by atoms with Crippen LogP contribution in [-0.2, 0) is 29.2 Å². The molecule has 0 aliphatic heterocycles. The number of benzene rings is 2. The van der Waals surface area contributed by atoms with Crippen molar-refractivity contribution in [3.05, 3.63) is 95.3 Å². The summed E-state index contributed by atoms with van der Waals surface area (Å²) < 4.78 is 2.22. The smallest absolute Gasteiger partial charge is 0.242 e. The highest BCUT2D eigenvalue weighted by Crippen LogP contribution is 2.30. The largest absolute Gasteiger partial charge is 0.345 e. The number of aryl methyl sites for hydroxylation is 1. The molecule has 5 nitrogen and oxygen atoms in total. The number of amides is 2. The number of hydrogen-bond donors (Lipinski definition) is 0. The molecule has 1 aliphatic rings. The SMILES string of the molecule is Cc1ccccc1Cn1cccc1CN(Cc1ccccc1)C(=O)CN(C(=O)CC(C)(C)C)C1CC1. The first kappa shape index (κ1) is 25.7. The molecule has 1 fully saturated rings. The number of carbonyl (C=O) groups is 2. The summed E-state index contributed by atoms with van der Waals surface area (Å²) in [5.41, 5.74) is 4.59. The molecule has 0 bridgehead atoms. The second kappa shape index (κ2) is 11.2. The van der Waals surface area contributed by atoms with Gasteiger partial charge >= 0.3 is 0 Å².